The number of carbonyl (C=O) groups is 1. The molecular formula is C10H14N3O. The summed E-state index contributed by atoms with van der Waals surface area (Å²) in [5.41, 5.74) is 10.4. The van der Waals surface area contributed by atoms with Crippen LogP contribution in [0, 0.1) is 6.07 Å². The van der Waals surface area contributed by atoms with Gasteiger partial charge in [0.25, 0.3) is 5.91 Å². The lowest BCUT2D eigenvalue weighted by Gasteiger charge is -2.17. The van der Waals surface area contributed by atoms with Crippen molar-refractivity contribution in [1.82, 2.24) is 5.32 Å². The van der Waals surface area contributed by atoms with Gasteiger partial charge in [-0.3, -0.25) is 4.79 Å². The van der Waals surface area contributed by atoms with Crippen LogP contribution >= 0.6 is 0 Å². The molecule has 0 aliphatic rings. The summed E-state index contributed by atoms with van der Waals surface area (Å²) >= 11 is 0. The van der Waals surface area contributed by atoms with Gasteiger partial charge in [0.05, 0.1) is 0 Å². The van der Waals surface area contributed by atoms with Crippen molar-refractivity contribution in [2.24, 2.45) is 11.5 Å². The van der Waals surface area contributed by atoms with Gasteiger partial charge in [0.1, 0.15) is 5.66 Å². The Hall–Kier alpha value is -1.39. The molecule has 1 rings (SSSR count). The average molecular weight is 192 g/mol. The van der Waals surface area contributed by atoms with Crippen LogP contribution in [0.25, 0.3) is 0 Å². The first-order valence-corrected chi connectivity index (χ1v) is 4.32. The van der Waals surface area contributed by atoms with Crippen molar-refractivity contribution in [2.45, 2.75) is 19.1 Å². The SMILES string of the molecule is CC(N)(N)C(=O)NCc1[c]cccc1. The Bertz CT molecular complexity index is 303. The first-order valence-electron chi connectivity index (χ1n) is 4.32. The number of nitrogens with one attached hydrogen (secondary N) is 1. The number of nitrogens with two attached hydrogens (primary N) is 2. The monoisotopic (exact) mass is 192 g/mol. The molecular weight excluding hydrogens is 178 g/mol. The van der Waals surface area contributed by atoms with Gasteiger partial charge in [-0.15, -0.1) is 0 Å². The van der Waals surface area contributed by atoms with Crippen molar-refractivity contribution in [3.8, 4) is 0 Å². The fourth-order valence-corrected chi connectivity index (χ4v) is 0.906. The lowest BCUT2D eigenvalue weighted by Crippen LogP contribution is -2.58. The lowest BCUT2D eigenvalue weighted by molar-refractivity contribution is -0.125. The zero-order valence-corrected chi connectivity index (χ0v) is 8.08. The molecule has 0 saturated carbocycles. The number of hydrogen-bond acceptors (Lipinski definition) is 3. The average Bonchev–Trinajstić information content (AvgIpc) is 2.14. The van der Waals surface area contributed by atoms with E-state index in [1.807, 2.05) is 18.2 Å². The molecule has 0 saturated heterocycles. The van der Waals surface area contributed by atoms with Gasteiger partial charge < -0.3 is 16.8 Å². The molecule has 0 heterocycles. The van der Waals surface area contributed by atoms with E-state index in [9.17, 15) is 4.79 Å². The maximum absolute atomic E-state index is 11.3. The van der Waals surface area contributed by atoms with E-state index >= 15 is 0 Å². The molecule has 0 aliphatic carbocycles. The van der Waals surface area contributed by atoms with Crippen molar-refractivity contribution in [1.29, 1.82) is 0 Å². The van der Waals surface area contributed by atoms with Crippen LogP contribution in [0.3, 0.4) is 0 Å². The van der Waals surface area contributed by atoms with E-state index in [1.165, 1.54) is 6.92 Å². The van der Waals surface area contributed by atoms with Crippen LogP contribution in [0.1, 0.15) is 12.5 Å². The van der Waals surface area contributed by atoms with Gasteiger partial charge in [0.15, 0.2) is 0 Å². The summed E-state index contributed by atoms with van der Waals surface area (Å²) in [6, 6.07) is 10.4. The number of amides is 1. The van der Waals surface area contributed by atoms with Gasteiger partial charge in [0.2, 0.25) is 0 Å². The second-order valence-corrected chi connectivity index (χ2v) is 3.35. The summed E-state index contributed by atoms with van der Waals surface area (Å²) in [4.78, 5) is 11.3. The fourth-order valence-electron chi connectivity index (χ4n) is 0.906. The minimum atomic E-state index is -1.32. The molecule has 5 N–H and O–H groups in total. The quantitative estimate of drug-likeness (QED) is 0.577. The van der Waals surface area contributed by atoms with Gasteiger partial charge in [-0.2, -0.15) is 0 Å². The van der Waals surface area contributed by atoms with E-state index in [0.29, 0.717) is 6.54 Å². The van der Waals surface area contributed by atoms with E-state index < -0.39 is 5.66 Å². The molecule has 0 spiro atoms. The van der Waals surface area contributed by atoms with E-state index in [1.54, 1.807) is 6.07 Å². The molecule has 75 valence electrons. The Labute approximate surface area is 83.3 Å². The third-order valence-electron chi connectivity index (χ3n) is 1.70. The molecule has 4 nitrogen and oxygen atoms in total. The van der Waals surface area contributed by atoms with Gasteiger partial charge in [-0.05, 0) is 18.6 Å². The van der Waals surface area contributed by atoms with Crippen LogP contribution in [-0.2, 0) is 11.3 Å². The van der Waals surface area contributed by atoms with Crippen LogP contribution < -0.4 is 16.8 Å². The van der Waals surface area contributed by atoms with Crippen LogP contribution in [-0.4, -0.2) is 11.6 Å². The predicted molar refractivity (Wildman–Crippen MR) is 53.9 cm³/mol. The normalized spacial score (nSPS) is 11.1. The van der Waals surface area contributed by atoms with Gasteiger partial charge in [-0.25, -0.2) is 0 Å². The standard InChI is InChI=1S/C10H14N3O/c1-10(11,12)9(14)13-7-8-5-3-2-4-6-8/h2-5H,7,11-12H2,1H3,(H,13,14). The minimum Gasteiger partial charge on any atom is -0.349 e. The van der Waals surface area contributed by atoms with E-state index in [2.05, 4.69) is 11.4 Å². The molecule has 1 amide bonds. The Kier molecular flexibility index (Phi) is 3.22. The number of hydrogen-bond donors (Lipinski definition) is 3. The maximum Gasteiger partial charge on any atom is 0.254 e. The molecule has 0 fully saturated rings. The van der Waals surface area contributed by atoms with E-state index in [-0.39, 0.29) is 5.91 Å². The van der Waals surface area contributed by atoms with Gasteiger partial charge in [-0.1, -0.05) is 24.3 Å². The third kappa shape index (κ3) is 3.16. The highest BCUT2D eigenvalue weighted by Gasteiger charge is 2.21. The maximum atomic E-state index is 11.3. The molecule has 0 unspecified atom stereocenters. The summed E-state index contributed by atoms with van der Waals surface area (Å²) in [5, 5.41) is 2.62. The lowest BCUT2D eigenvalue weighted by atomic mass is 10.2. The van der Waals surface area contributed by atoms with Gasteiger partial charge >= 0.3 is 0 Å². The molecule has 14 heavy (non-hydrogen) atoms. The van der Waals surface area contributed by atoms with Crippen LogP contribution in [0.5, 0.6) is 0 Å². The van der Waals surface area contributed by atoms with Crippen molar-refractivity contribution in [3.63, 3.8) is 0 Å². The molecule has 4 heteroatoms. The molecule has 1 aromatic rings. The second-order valence-electron chi connectivity index (χ2n) is 3.35. The van der Waals surface area contributed by atoms with Crippen molar-refractivity contribution < 1.29 is 4.79 Å². The second kappa shape index (κ2) is 4.21. The first-order chi connectivity index (χ1) is 6.50. The largest absolute Gasteiger partial charge is 0.349 e. The summed E-state index contributed by atoms with van der Waals surface area (Å²) in [7, 11) is 0. The highest BCUT2D eigenvalue weighted by atomic mass is 16.2. The molecule has 0 aromatic heterocycles. The third-order valence-corrected chi connectivity index (χ3v) is 1.70. The topological polar surface area (TPSA) is 81.1 Å². The Morgan fingerprint density at radius 1 is 1.57 bits per heavy atom. The molecule has 1 aromatic carbocycles. The predicted octanol–water partition coefficient (Wildman–Crippen LogP) is -0.263. The zero-order valence-electron chi connectivity index (χ0n) is 8.08. The van der Waals surface area contributed by atoms with Gasteiger partial charge in [0, 0.05) is 6.54 Å². The molecule has 0 atom stereocenters. The van der Waals surface area contributed by atoms with E-state index in [0.717, 1.165) is 5.56 Å². The summed E-state index contributed by atoms with van der Waals surface area (Å²) in [6.07, 6.45) is 0. The minimum absolute atomic E-state index is 0.380. The summed E-state index contributed by atoms with van der Waals surface area (Å²) in [6.45, 7) is 1.85. The number of carbonyl (C=O) groups excluding carboxylic acids is 1. The van der Waals surface area contributed by atoms with Crippen molar-refractivity contribution in [2.75, 3.05) is 0 Å². The number of rotatable bonds is 3. The Morgan fingerprint density at radius 3 is 2.79 bits per heavy atom. The summed E-state index contributed by atoms with van der Waals surface area (Å²) < 4.78 is 0. The smallest absolute Gasteiger partial charge is 0.254 e. The van der Waals surface area contributed by atoms with Crippen molar-refractivity contribution in [3.05, 3.63) is 35.9 Å². The van der Waals surface area contributed by atoms with E-state index in [4.69, 9.17) is 11.5 Å². The highest BCUT2D eigenvalue weighted by Crippen LogP contribution is 1.97. The molecule has 0 bridgehead atoms. The van der Waals surface area contributed by atoms with Crippen LogP contribution in [0.15, 0.2) is 24.3 Å². The molecule has 0 aliphatic heterocycles. The fraction of sp³-hybridized carbons (Fsp3) is 0.300. The van der Waals surface area contributed by atoms with Crippen molar-refractivity contribution >= 4 is 5.91 Å². The van der Waals surface area contributed by atoms with Crippen LogP contribution in [0.2, 0.25) is 0 Å². The zero-order chi connectivity index (χ0) is 10.6. The highest BCUT2D eigenvalue weighted by molar-refractivity contribution is 5.84. The van der Waals surface area contributed by atoms with Crippen LogP contribution in [0.4, 0.5) is 0 Å². The summed E-state index contributed by atoms with van der Waals surface area (Å²) in [5.74, 6) is -0.380. The molecule has 1 radical (unpaired) electrons. The first kappa shape index (κ1) is 10.7. The Morgan fingerprint density at radius 2 is 2.29 bits per heavy atom. The Balaban J connectivity index is 2.46. The number of benzene rings is 1.